The summed E-state index contributed by atoms with van der Waals surface area (Å²) in [5.74, 6) is 0.438. The van der Waals surface area contributed by atoms with Gasteiger partial charge in [0.15, 0.2) is 0 Å². The fourth-order valence-electron chi connectivity index (χ4n) is 2.66. The molecule has 0 unspecified atom stereocenters. The van der Waals surface area contributed by atoms with E-state index in [0.717, 1.165) is 10.6 Å². The molecule has 10 heteroatoms. The molecule has 29 heavy (non-hydrogen) atoms. The highest BCUT2D eigenvalue weighted by Crippen LogP contribution is 2.23. The standard InChI is InChI=1S/C19H23N3O6S/c1-3-28-18-11-9-15(10-12-18)20-19(23)8-5-13-21(29(2,26)27)16-6-4-7-17(14-16)22(24)25/h4,6-7,9-12,14H,3,5,8,13H2,1-2H3,(H,20,23). The lowest BCUT2D eigenvalue weighted by Gasteiger charge is -2.22. The summed E-state index contributed by atoms with van der Waals surface area (Å²) in [6.07, 6.45) is 1.36. The number of rotatable bonds is 10. The molecule has 2 rings (SSSR count). The van der Waals surface area contributed by atoms with E-state index in [1.54, 1.807) is 24.3 Å². The van der Waals surface area contributed by atoms with Gasteiger partial charge in [0.05, 0.1) is 23.5 Å². The Morgan fingerprint density at radius 1 is 1.21 bits per heavy atom. The Balaban J connectivity index is 1.97. The van der Waals surface area contributed by atoms with Crippen molar-refractivity contribution in [2.24, 2.45) is 0 Å². The number of nitro benzene ring substituents is 1. The van der Waals surface area contributed by atoms with Crippen molar-refractivity contribution in [3.8, 4) is 5.75 Å². The molecule has 2 aromatic carbocycles. The zero-order valence-electron chi connectivity index (χ0n) is 16.2. The van der Waals surface area contributed by atoms with E-state index in [1.165, 1.54) is 24.3 Å². The first-order chi connectivity index (χ1) is 13.7. The summed E-state index contributed by atoms with van der Waals surface area (Å²) in [5.41, 5.74) is 0.593. The Morgan fingerprint density at radius 3 is 2.48 bits per heavy atom. The quantitative estimate of drug-likeness (QED) is 0.465. The second kappa shape index (κ2) is 9.87. The molecule has 0 saturated heterocycles. The largest absolute Gasteiger partial charge is 0.494 e. The molecule has 1 N–H and O–H groups in total. The minimum Gasteiger partial charge on any atom is -0.494 e. The molecular weight excluding hydrogens is 398 g/mol. The van der Waals surface area contributed by atoms with Crippen LogP contribution in [-0.4, -0.2) is 38.7 Å². The number of ether oxygens (including phenoxy) is 1. The molecular formula is C19H23N3O6S. The number of carbonyl (C=O) groups is 1. The molecule has 0 aliphatic rings. The van der Waals surface area contributed by atoms with Crippen LogP contribution in [0.2, 0.25) is 0 Å². The maximum absolute atomic E-state index is 12.1. The molecule has 0 atom stereocenters. The van der Waals surface area contributed by atoms with E-state index < -0.39 is 14.9 Å². The number of carbonyl (C=O) groups excluding carboxylic acids is 1. The molecule has 0 aliphatic heterocycles. The summed E-state index contributed by atoms with van der Waals surface area (Å²) in [5, 5.41) is 13.7. The molecule has 0 radical (unpaired) electrons. The van der Waals surface area contributed by atoms with E-state index in [0.29, 0.717) is 18.0 Å². The zero-order valence-corrected chi connectivity index (χ0v) is 17.0. The number of sulfonamides is 1. The second-order valence-electron chi connectivity index (χ2n) is 6.22. The number of non-ortho nitro benzene ring substituents is 1. The highest BCUT2D eigenvalue weighted by atomic mass is 32.2. The van der Waals surface area contributed by atoms with Crippen LogP contribution in [0.4, 0.5) is 17.1 Å². The van der Waals surface area contributed by atoms with E-state index in [-0.39, 0.29) is 36.7 Å². The number of nitrogens with one attached hydrogen (secondary N) is 1. The van der Waals surface area contributed by atoms with Crippen molar-refractivity contribution in [3.05, 3.63) is 58.6 Å². The van der Waals surface area contributed by atoms with E-state index >= 15 is 0 Å². The molecule has 2 aromatic rings. The van der Waals surface area contributed by atoms with Crippen molar-refractivity contribution in [1.29, 1.82) is 0 Å². The number of hydrogen-bond acceptors (Lipinski definition) is 6. The van der Waals surface area contributed by atoms with Crippen LogP contribution in [-0.2, 0) is 14.8 Å². The number of nitrogens with zero attached hydrogens (tertiary/aromatic N) is 2. The predicted octanol–water partition coefficient (Wildman–Crippen LogP) is 3.18. The average molecular weight is 421 g/mol. The fraction of sp³-hybridized carbons (Fsp3) is 0.316. The minimum atomic E-state index is -3.66. The molecule has 0 spiro atoms. The third-order valence-electron chi connectivity index (χ3n) is 3.94. The van der Waals surface area contributed by atoms with Crippen molar-refractivity contribution in [1.82, 2.24) is 0 Å². The summed E-state index contributed by atoms with van der Waals surface area (Å²) in [6, 6.07) is 12.3. The zero-order chi connectivity index (χ0) is 21.4. The number of benzene rings is 2. The number of amides is 1. The number of anilines is 2. The Bertz CT molecular complexity index is 960. The van der Waals surface area contributed by atoms with E-state index in [9.17, 15) is 23.3 Å². The summed E-state index contributed by atoms with van der Waals surface area (Å²) in [7, 11) is -3.66. The SMILES string of the molecule is CCOc1ccc(NC(=O)CCCN(c2cccc([N+](=O)[O-])c2)S(C)(=O)=O)cc1. The summed E-state index contributed by atoms with van der Waals surface area (Å²) in [4.78, 5) is 22.5. The molecule has 0 bridgehead atoms. The lowest BCUT2D eigenvalue weighted by molar-refractivity contribution is -0.384. The van der Waals surface area contributed by atoms with E-state index in [4.69, 9.17) is 4.74 Å². The molecule has 0 heterocycles. The summed E-state index contributed by atoms with van der Waals surface area (Å²) in [6.45, 7) is 2.45. The highest BCUT2D eigenvalue weighted by Gasteiger charge is 2.19. The topological polar surface area (TPSA) is 119 Å². The first kappa shape index (κ1) is 22.2. The first-order valence-corrected chi connectivity index (χ1v) is 10.8. The third-order valence-corrected chi connectivity index (χ3v) is 5.14. The highest BCUT2D eigenvalue weighted by molar-refractivity contribution is 7.92. The van der Waals surface area contributed by atoms with Crippen LogP contribution < -0.4 is 14.4 Å². The maximum atomic E-state index is 12.1. The van der Waals surface area contributed by atoms with E-state index in [2.05, 4.69) is 5.32 Å². The van der Waals surface area contributed by atoms with Crippen LogP contribution in [0.25, 0.3) is 0 Å². The van der Waals surface area contributed by atoms with Crippen LogP contribution in [0, 0.1) is 10.1 Å². The molecule has 1 amide bonds. The van der Waals surface area contributed by atoms with Crippen LogP contribution in [0.1, 0.15) is 19.8 Å². The summed E-state index contributed by atoms with van der Waals surface area (Å²) >= 11 is 0. The molecule has 0 aromatic heterocycles. The van der Waals surface area contributed by atoms with Crippen LogP contribution in [0.15, 0.2) is 48.5 Å². The predicted molar refractivity (Wildman–Crippen MR) is 111 cm³/mol. The lowest BCUT2D eigenvalue weighted by Crippen LogP contribution is -2.31. The number of hydrogen-bond donors (Lipinski definition) is 1. The first-order valence-electron chi connectivity index (χ1n) is 8.95. The Morgan fingerprint density at radius 2 is 1.90 bits per heavy atom. The van der Waals surface area contributed by atoms with Crippen LogP contribution in [0.3, 0.4) is 0 Å². The van der Waals surface area contributed by atoms with Gasteiger partial charge >= 0.3 is 0 Å². The van der Waals surface area contributed by atoms with Gasteiger partial charge in [0, 0.05) is 30.8 Å². The van der Waals surface area contributed by atoms with Gasteiger partial charge in [-0.1, -0.05) is 6.07 Å². The van der Waals surface area contributed by atoms with Crippen molar-refractivity contribution >= 4 is 33.0 Å². The van der Waals surface area contributed by atoms with Gasteiger partial charge in [0.25, 0.3) is 5.69 Å². The van der Waals surface area contributed by atoms with Crippen molar-refractivity contribution < 1.29 is 22.9 Å². The van der Waals surface area contributed by atoms with E-state index in [1.807, 2.05) is 6.92 Å². The van der Waals surface area contributed by atoms with Crippen LogP contribution >= 0.6 is 0 Å². The maximum Gasteiger partial charge on any atom is 0.271 e. The van der Waals surface area contributed by atoms with Crippen molar-refractivity contribution in [3.63, 3.8) is 0 Å². The van der Waals surface area contributed by atoms with Gasteiger partial charge in [-0.25, -0.2) is 8.42 Å². The smallest absolute Gasteiger partial charge is 0.271 e. The third kappa shape index (κ3) is 6.75. The Hall–Kier alpha value is -3.14. The molecule has 0 aliphatic carbocycles. The molecule has 0 saturated carbocycles. The monoisotopic (exact) mass is 421 g/mol. The van der Waals surface area contributed by atoms with Gasteiger partial charge in [-0.2, -0.15) is 0 Å². The molecule has 9 nitrogen and oxygen atoms in total. The average Bonchev–Trinajstić information content (AvgIpc) is 2.66. The van der Waals surface area contributed by atoms with Crippen molar-refractivity contribution in [2.45, 2.75) is 19.8 Å². The van der Waals surface area contributed by atoms with Crippen LogP contribution in [0.5, 0.6) is 5.75 Å². The fourth-order valence-corrected chi connectivity index (χ4v) is 3.61. The minimum absolute atomic E-state index is 0.0245. The summed E-state index contributed by atoms with van der Waals surface area (Å²) < 4.78 is 30.6. The van der Waals surface area contributed by atoms with Gasteiger partial charge in [-0.3, -0.25) is 19.2 Å². The van der Waals surface area contributed by atoms with Gasteiger partial charge in [0.1, 0.15) is 5.75 Å². The Kier molecular flexibility index (Phi) is 7.54. The Labute approximate surface area is 169 Å². The van der Waals surface area contributed by atoms with Gasteiger partial charge in [-0.05, 0) is 43.7 Å². The van der Waals surface area contributed by atoms with Gasteiger partial charge in [0.2, 0.25) is 15.9 Å². The second-order valence-corrected chi connectivity index (χ2v) is 8.13. The normalized spacial score (nSPS) is 11.0. The molecule has 156 valence electrons. The molecule has 0 fully saturated rings. The lowest BCUT2D eigenvalue weighted by atomic mass is 10.2. The van der Waals surface area contributed by atoms with Crippen molar-refractivity contribution in [2.75, 3.05) is 29.0 Å². The number of nitro groups is 1. The van der Waals surface area contributed by atoms with Gasteiger partial charge < -0.3 is 10.1 Å². The van der Waals surface area contributed by atoms with Gasteiger partial charge in [-0.15, -0.1) is 0 Å².